The number of benzene rings is 1. The van der Waals surface area contributed by atoms with Gasteiger partial charge < -0.3 is 10.1 Å². The Morgan fingerprint density at radius 2 is 2.00 bits per heavy atom. The number of rotatable bonds is 7. The minimum atomic E-state index is -0.818. The van der Waals surface area contributed by atoms with Crippen molar-refractivity contribution in [3.63, 3.8) is 0 Å². The average Bonchev–Trinajstić information content (AvgIpc) is 2.38. The molecule has 2 unspecified atom stereocenters. The van der Waals surface area contributed by atoms with Crippen LogP contribution < -0.4 is 5.32 Å². The van der Waals surface area contributed by atoms with Crippen molar-refractivity contribution >= 4 is 0 Å². The Bertz CT molecular complexity index is 367. The van der Waals surface area contributed by atoms with Gasteiger partial charge in [-0.25, -0.2) is 8.78 Å². The fraction of sp³-hybridized carbons (Fsp3) is 0.571. The van der Waals surface area contributed by atoms with E-state index in [0.29, 0.717) is 5.56 Å². The van der Waals surface area contributed by atoms with E-state index in [0.717, 1.165) is 25.5 Å². The van der Waals surface area contributed by atoms with E-state index in [4.69, 9.17) is 4.74 Å². The maximum Gasteiger partial charge on any atom is 0.163 e. The van der Waals surface area contributed by atoms with Gasteiger partial charge in [-0.1, -0.05) is 26.0 Å². The molecule has 0 amide bonds. The number of nitrogens with one attached hydrogen (secondary N) is 1. The number of ether oxygens (including phenoxy) is 1. The fourth-order valence-corrected chi connectivity index (χ4v) is 2.04. The van der Waals surface area contributed by atoms with Gasteiger partial charge in [-0.15, -0.1) is 0 Å². The van der Waals surface area contributed by atoms with Gasteiger partial charge >= 0.3 is 0 Å². The van der Waals surface area contributed by atoms with Gasteiger partial charge in [-0.2, -0.15) is 0 Å². The van der Waals surface area contributed by atoms with Crippen molar-refractivity contribution < 1.29 is 13.5 Å². The van der Waals surface area contributed by atoms with Crippen molar-refractivity contribution in [2.24, 2.45) is 0 Å². The van der Waals surface area contributed by atoms with Crippen LogP contribution in [0.3, 0.4) is 0 Å². The molecule has 0 aliphatic rings. The van der Waals surface area contributed by atoms with Crippen molar-refractivity contribution in [2.75, 3.05) is 13.7 Å². The normalized spacial score (nSPS) is 14.5. The Hall–Kier alpha value is -1.00. The van der Waals surface area contributed by atoms with Crippen LogP contribution in [0, 0.1) is 11.6 Å². The van der Waals surface area contributed by atoms with Gasteiger partial charge in [0.25, 0.3) is 0 Å². The van der Waals surface area contributed by atoms with E-state index in [1.54, 1.807) is 13.2 Å². The molecule has 1 aromatic rings. The van der Waals surface area contributed by atoms with E-state index in [9.17, 15) is 8.78 Å². The first-order valence-electron chi connectivity index (χ1n) is 6.35. The van der Waals surface area contributed by atoms with E-state index in [-0.39, 0.29) is 12.1 Å². The van der Waals surface area contributed by atoms with E-state index in [1.807, 2.05) is 13.8 Å². The summed E-state index contributed by atoms with van der Waals surface area (Å²) < 4.78 is 32.5. The first kappa shape index (κ1) is 15.1. The van der Waals surface area contributed by atoms with Gasteiger partial charge in [-0.3, -0.25) is 0 Å². The van der Waals surface area contributed by atoms with E-state index < -0.39 is 11.6 Å². The van der Waals surface area contributed by atoms with E-state index >= 15 is 0 Å². The van der Waals surface area contributed by atoms with Crippen molar-refractivity contribution in [1.29, 1.82) is 0 Å². The Morgan fingerprint density at radius 3 is 2.56 bits per heavy atom. The quantitative estimate of drug-likeness (QED) is 0.808. The first-order valence-corrected chi connectivity index (χ1v) is 6.35. The van der Waals surface area contributed by atoms with Gasteiger partial charge in [0.2, 0.25) is 0 Å². The second-order valence-electron chi connectivity index (χ2n) is 4.26. The molecule has 1 rings (SSSR count). The molecule has 4 heteroatoms. The zero-order chi connectivity index (χ0) is 13.5. The predicted molar refractivity (Wildman–Crippen MR) is 68.5 cm³/mol. The zero-order valence-corrected chi connectivity index (χ0v) is 11.2. The zero-order valence-electron chi connectivity index (χ0n) is 11.2. The molecule has 0 saturated carbocycles. The van der Waals surface area contributed by atoms with Crippen LogP contribution in [0.4, 0.5) is 8.78 Å². The lowest BCUT2D eigenvalue weighted by Gasteiger charge is -2.27. The first-order chi connectivity index (χ1) is 8.65. The molecule has 0 saturated heterocycles. The summed E-state index contributed by atoms with van der Waals surface area (Å²) in [4.78, 5) is 0. The number of halogens is 2. The minimum absolute atomic E-state index is 0.173. The topological polar surface area (TPSA) is 21.3 Å². The molecule has 0 aromatic heterocycles. The van der Waals surface area contributed by atoms with Gasteiger partial charge in [0.1, 0.15) is 0 Å². The van der Waals surface area contributed by atoms with Crippen LogP contribution in [0.5, 0.6) is 0 Å². The highest BCUT2D eigenvalue weighted by molar-refractivity contribution is 5.23. The summed E-state index contributed by atoms with van der Waals surface area (Å²) in [6, 6.07) is 3.93. The summed E-state index contributed by atoms with van der Waals surface area (Å²) in [7, 11) is 1.59. The summed E-state index contributed by atoms with van der Waals surface area (Å²) in [6.07, 6.45) is 1.48. The molecule has 1 N–H and O–H groups in total. The maximum atomic E-state index is 13.8. The van der Waals surface area contributed by atoms with Crippen LogP contribution in [-0.2, 0) is 4.74 Å². The number of hydrogen-bond donors (Lipinski definition) is 1. The standard InChI is InChI=1S/C14H21F2NO/c1-4-9-17-14(12(5-2)18-3)10-7-6-8-11(15)13(10)16/h6-8,12,14,17H,4-5,9H2,1-3H3. The van der Waals surface area contributed by atoms with Crippen LogP contribution in [0.1, 0.15) is 38.3 Å². The van der Waals surface area contributed by atoms with Gasteiger partial charge in [0.15, 0.2) is 11.6 Å². The Kier molecular flexibility index (Phi) is 6.22. The molecule has 0 bridgehead atoms. The third-order valence-electron chi connectivity index (χ3n) is 3.01. The number of methoxy groups -OCH3 is 1. The monoisotopic (exact) mass is 257 g/mol. The maximum absolute atomic E-state index is 13.8. The van der Waals surface area contributed by atoms with Gasteiger partial charge in [-0.05, 0) is 25.5 Å². The van der Waals surface area contributed by atoms with E-state index in [2.05, 4.69) is 5.32 Å². The molecule has 1 aromatic carbocycles. The van der Waals surface area contributed by atoms with Crippen LogP contribution in [0.2, 0.25) is 0 Å². The van der Waals surface area contributed by atoms with Gasteiger partial charge in [0, 0.05) is 12.7 Å². The van der Waals surface area contributed by atoms with Crippen molar-refractivity contribution in [2.45, 2.75) is 38.8 Å². The third-order valence-corrected chi connectivity index (χ3v) is 3.01. The predicted octanol–water partition coefficient (Wildman–Crippen LogP) is 3.43. The lowest BCUT2D eigenvalue weighted by atomic mass is 9.98. The second-order valence-corrected chi connectivity index (χ2v) is 4.26. The molecule has 0 heterocycles. The molecule has 0 spiro atoms. The molecular formula is C14H21F2NO. The lowest BCUT2D eigenvalue weighted by Crippen LogP contribution is -2.34. The van der Waals surface area contributed by atoms with Crippen molar-refractivity contribution in [3.05, 3.63) is 35.4 Å². The smallest absolute Gasteiger partial charge is 0.163 e. The lowest BCUT2D eigenvalue weighted by molar-refractivity contribution is 0.0637. The summed E-state index contributed by atoms with van der Waals surface area (Å²) in [5, 5.41) is 3.22. The fourth-order valence-electron chi connectivity index (χ4n) is 2.04. The summed E-state index contributed by atoms with van der Waals surface area (Å²) in [5.41, 5.74) is 0.331. The Morgan fingerprint density at radius 1 is 1.28 bits per heavy atom. The summed E-state index contributed by atoms with van der Waals surface area (Å²) >= 11 is 0. The SMILES string of the molecule is CCCNC(c1cccc(F)c1F)C(CC)OC. The average molecular weight is 257 g/mol. The van der Waals surface area contributed by atoms with Crippen LogP contribution in [0.15, 0.2) is 18.2 Å². The minimum Gasteiger partial charge on any atom is -0.379 e. The molecule has 0 fully saturated rings. The van der Waals surface area contributed by atoms with E-state index in [1.165, 1.54) is 6.07 Å². The molecule has 0 aliphatic heterocycles. The highest BCUT2D eigenvalue weighted by Gasteiger charge is 2.24. The molecule has 0 aliphatic carbocycles. The summed E-state index contributed by atoms with van der Waals surface area (Å²) in [6.45, 7) is 4.73. The van der Waals surface area contributed by atoms with Crippen LogP contribution in [0.25, 0.3) is 0 Å². The van der Waals surface area contributed by atoms with Gasteiger partial charge in [0.05, 0.1) is 12.1 Å². The third kappa shape index (κ3) is 3.50. The van der Waals surface area contributed by atoms with Crippen LogP contribution >= 0.6 is 0 Å². The highest BCUT2D eigenvalue weighted by Crippen LogP contribution is 2.25. The molecule has 18 heavy (non-hydrogen) atoms. The Labute approximate surface area is 107 Å². The molecular weight excluding hydrogens is 236 g/mol. The van der Waals surface area contributed by atoms with Crippen LogP contribution in [-0.4, -0.2) is 19.8 Å². The Balaban J connectivity index is 3.04. The summed E-state index contributed by atoms with van der Waals surface area (Å²) in [5.74, 6) is -1.61. The largest absolute Gasteiger partial charge is 0.379 e. The molecule has 102 valence electrons. The van der Waals surface area contributed by atoms with Crippen molar-refractivity contribution in [3.8, 4) is 0 Å². The second kappa shape index (κ2) is 7.44. The molecule has 2 nitrogen and oxygen atoms in total. The van der Waals surface area contributed by atoms with Crippen molar-refractivity contribution in [1.82, 2.24) is 5.32 Å². The molecule has 0 radical (unpaired) electrons. The number of hydrogen-bond acceptors (Lipinski definition) is 2. The highest BCUT2D eigenvalue weighted by atomic mass is 19.2. The molecule has 2 atom stereocenters.